The molecule has 6 nitrogen and oxygen atoms in total. The zero-order chi connectivity index (χ0) is 27.9. The van der Waals surface area contributed by atoms with Crippen LogP contribution >= 0.6 is 0 Å². The average Bonchev–Trinajstić information content (AvgIpc) is 3.54. The second-order valence-electron chi connectivity index (χ2n) is 11.2. The number of carbonyl (C=O) groups excluding carboxylic acids is 2. The molecular formula is C34H31NO5. The number of nitrogens with zero attached hydrogens (tertiary/aromatic N) is 1. The Labute approximate surface area is 233 Å². The Hall–Kier alpha value is -4.58. The number of fused-ring (bicyclic) bond motifs is 3. The number of aldehydes is 1. The van der Waals surface area contributed by atoms with Gasteiger partial charge in [-0.2, -0.15) is 0 Å². The molecule has 0 N–H and O–H groups in total. The summed E-state index contributed by atoms with van der Waals surface area (Å²) in [5.41, 5.74) is 5.47. The third kappa shape index (κ3) is 5.05. The number of likely N-dealkylation sites (tertiary alicyclic amines) is 1. The van der Waals surface area contributed by atoms with E-state index in [1.54, 1.807) is 20.8 Å². The van der Waals surface area contributed by atoms with Gasteiger partial charge in [0.15, 0.2) is 0 Å². The summed E-state index contributed by atoms with van der Waals surface area (Å²) in [6.07, 6.45) is 0.443. The van der Waals surface area contributed by atoms with Gasteiger partial charge in [0.05, 0.1) is 12.6 Å². The summed E-state index contributed by atoms with van der Waals surface area (Å²) < 4.78 is 17.8. The lowest BCUT2D eigenvalue weighted by atomic mass is 9.99. The molecule has 4 aromatic carbocycles. The number of furan rings is 1. The van der Waals surface area contributed by atoms with Crippen LogP contribution in [0.3, 0.4) is 0 Å². The van der Waals surface area contributed by atoms with Gasteiger partial charge in [0.1, 0.15) is 34.9 Å². The van der Waals surface area contributed by atoms with E-state index < -0.39 is 17.7 Å². The number of rotatable bonds is 5. The van der Waals surface area contributed by atoms with Gasteiger partial charge in [-0.1, -0.05) is 72.8 Å². The molecule has 0 spiro atoms. The van der Waals surface area contributed by atoms with Crippen LogP contribution in [0.1, 0.15) is 27.2 Å². The molecule has 0 radical (unpaired) electrons. The number of hydrogen-bond acceptors (Lipinski definition) is 5. The molecule has 0 bridgehead atoms. The maximum Gasteiger partial charge on any atom is 0.411 e. The zero-order valence-corrected chi connectivity index (χ0v) is 22.8. The van der Waals surface area contributed by atoms with Gasteiger partial charge in [0.2, 0.25) is 0 Å². The fraction of sp³-hybridized carbons (Fsp3) is 0.235. The number of carbonyl (C=O) groups is 2. The Morgan fingerprint density at radius 2 is 1.50 bits per heavy atom. The Kier molecular flexibility index (Phi) is 6.54. The first-order valence-corrected chi connectivity index (χ1v) is 13.5. The van der Waals surface area contributed by atoms with E-state index >= 15 is 0 Å². The molecule has 1 aliphatic heterocycles. The second-order valence-corrected chi connectivity index (χ2v) is 11.2. The van der Waals surface area contributed by atoms with Crippen LogP contribution in [-0.4, -0.2) is 41.6 Å². The Morgan fingerprint density at radius 3 is 2.20 bits per heavy atom. The molecule has 2 atom stereocenters. The van der Waals surface area contributed by atoms with Gasteiger partial charge in [0, 0.05) is 22.8 Å². The van der Waals surface area contributed by atoms with Crippen molar-refractivity contribution in [3.8, 4) is 28.0 Å². The molecule has 6 heteroatoms. The van der Waals surface area contributed by atoms with Gasteiger partial charge in [-0.3, -0.25) is 4.90 Å². The summed E-state index contributed by atoms with van der Waals surface area (Å²) in [7, 11) is 0. The molecule has 0 saturated carbocycles. The highest BCUT2D eigenvalue weighted by Gasteiger charge is 2.38. The van der Waals surface area contributed by atoms with Crippen molar-refractivity contribution in [2.75, 3.05) is 6.54 Å². The second kappa shape index (κ2) is 10.2. The average molecular weight is 534 g/mol. The smallest absolute Gasteiger partial charge is 0.411 e. The lowest BCUT2D eigenvalue weighted by molar-refractivity contribution is -0.111. The monoisotopic (exact) mass is 533 g/mol. The quantitative estimate of drug-likeness (QED) is 0.215. The maximum absolute atomic E-state index is 12.5. The van der Waals surface area contributed by atoms with Crippen LogP contribution in [0.4, 0.5) is 4.79 Å². The van der Waals surface area contributed by atoms with Crippen molar-refractivity contribution in [1.82, 2.24) is 4.90 Å². The molecule has 2 unspecified atom stereocenters. The van der Waals surface area contributed by atoms with E-state index in [-0.39, 0.29) is 6.10 Å². The highest BCUT2D eigenvalue weighted by Crippen LogP contribution is 2.36. The SMILES string of the molecule is CC(C)(C)OC(=O)N1CC(Oc2ccc(-c3ccc(-c4cccc5c4oc4ccccc45)cc3)cc2)CC1C=O. The number of hydrogen-bond donors (Lipinski definition) is 0. The molecule has 5 aromatic rings. The van der Waals surface area contributed by atoms with E-state index in [2.05, 4.69) is 48.5 Å². The number of ether oxygens (including phenoxy) is 2. The van der Waals surface area contributed by atoms with Crippen molar-refractivity contribution >= 4 is 34.3 Å². The Balaban J connectivity index is 1.16. The van der Waals surface area contributed by atoms with Gasteiger partial charge in [-0.25, -0.2) is 4.79 Å². The van der Waals surface area contributed by atoms with Crippen molar-refractivity contribution < 1.29 is 23.5 Å². The summed E-state index contributed by atoms with van der Waals surface area (Å²) in [4.78, 5) is 25.6. The Bertz CT molecular complexity index is 1680. The lowest BCUT2D eigenvalue weighted by Gasteiger charge is -2.26. The molecule has 1 fully saturated rings. The van der Waals surface area contributed by atoms with E-state index in [0.29, 0.717) is 18.7 Å². The van der Waals surface area contributed by atoms with E-state index in [1.165, 1.54) is 4.90 Å². The third-order valence-electron chi connectivity index (χ3n) is 7.18. The Morgan fingerprint density at radius 1 is 0.850 bits per heavy atom. The van der Waals surface area contributed by atoms with Crippen molar-refractivity contribution in [1.29, 1.82) is 0 Å². The van der Waals surface area contributed by atoms with Crippen LogP contribution in [0.25, 0.3) is 44.2 Å². The first-order valence-electron chi connectivity index (χ1n) is 13.5. The number of para-hydroxylation sites is 2. The van der Waals surface area contributed by atoms with Crippen LogP contribution in [0.2, 0.25) is 0 Å². The van der Waals surface area contributed by atoms with Gasteiger partial charge in [-0.05, 0) is 55.7 Å². The lowest BCUT2D eigenvalue weighted by Crippen LogP contribution is -2.41. The highest BCUT2D eigenvalue weighted by atomic mass is 16.6. The molecule has 6 rings (SSSR count). The largest absolute Gasteiger partial charge is 0.488 e. The van der Waals surface area contributed by atoms with E-state index in [4.69, 9.17) is 13.9 Å². The minimum absolute atomic E-state index is 0.284. The topological polar surface area (TPSA) is 69.0 Å². The van der Waals surface area contributed by atoms with Crippen LogP contribution in [0, 0.1) is 0 Å². The summed E-state index contributed by atoms with van der Waals surface area (Å²) in [5, 5.41) is 2.24. The fourth-order valence-electron chi connectivity index (χ4n) is 5.31. The maximum atomic E-state index is 12.5. The first-order chi connectivity index (χ1) is 19.3. The molecule has 1 aromatic heterocycles. The minimum atomic E-state index is -0.627. The number of amides is 1. The van der Waals surface area contributed by atoms with Crippen molar-refractivity contribution in [3.63, 3.8) is 0 Å². The summed E-state index contributed by atoms with van der Waals surface area (Å²) >= 11 is 0. The van der Waals surface area contributed by atoms with Crippen LogP contribution < -0.4 is 4.74 Å². The van der Waals surface area contributed by atoms with E-state index in [0.717, 1.165) is 50.5 Å². The van der Waals surface area contributed by atoms with Gasteiger partial charge in [0.25, 0.3) is 0 Å². The highest BCUT2D eigenvalue weighted by molar-refractivity contribution is 6.09. The standard InChI is InChI=1S/C34H31NO5/c1-34(2,3)40-33(37)35-20-27(19-25(35)21-36)38-26-17-15-23(16-18-26)22-11-13-24(14-12-22)28-8-6-9-30-29-7-4-5-10-31(29)39-32(28)30/h4-18,21,25,27H,19-20H2,1-3H3. The molecule has 1 amide bonds. The van der Waals surface area contributed by atoms with E-state index in [9.17, 15) is 9.59 Å². The molecule has 1 aliphatic rings. The van der Waals surface area contributed by atoms with Crippen molar-refractivity contribution in [2.45, 2.75) is 44.9 Å². The fourth-order valence-corrected chi connectivity index (χ4v) is 5.31. The summed E-state index contributed by atoms with van der Waals surface area (Å²) in [6, 6.07) is 30.1. The minimum Gasteiger partial charge on any atom is -0.488 e. The zero-order valence-electron chi connectivity index (χ0n) is 22.8. The van der Waals surface area contributed by atoms with Crippen LogP contribution in [0.15, 0.2) is 95.4 Å². The van der Waals surface area contributed by atoms with Gasteiger partial charge in [-0.15, -0.1) is 0 Å². The molecular weight excluding hydrogens is 502 g/mol. The van der Waals surface area contributed by atoms with Crippen LogP contribution in [0.5, 0.6) is 5.75 Å². The summed E-state index contributed by atoms with van der Waals surface area (Å²) in [5.74, 6) is 0.692. The van der Waals surface area contributed by atoms with Crippen molar-refractivity contribution in [3.05, 3.63) is 91.0 Å². The van der Waals surface area contributed by atoms with Crippen LogP contribution in [-0.2, 0) is 9.53 Å². The van der Waals surface area contributed by atoms with E-state index in [1.807, 2.05) is 42.5 Å². The number of benzene rings is 4. The molecule has 0 aliphatic carbocycles. The van der Waals surface area contributed by atoms with Gasteiger partial charge >= 0.3 is 6.09 Å². The molecule has 2 heterocycles. The van der Waals surface area contributed by atoms with Crippen molar-refractivity contribution in [2.24, 2.45) is 0 Å². The molecule has 40 heavy (non-hydrogen) atoms. The predicted molar refractivity (Wildman–Crippen MR) is 156 cm³/mol. The first kappa shape index (κ1) is 25.7. The third-order valence-corrected chi connectivity index (χ3v) is 7.18. The molecule has 202 valence electrons. The molecule has 1 saturated heterocycles. The predicted octanol–water partition coefficient (Wildman–Crippen LogP) is 7.88. The normalized spacial score (nSPS) is 17.3. The summed E-state index contributed by atoms with van der Waals surface area (Å²) in [6.45, 7) is 5.73. The van der Waals surface area contributed by atoms with Gasteiger partial charge < -0.3 is 18.7 Å².